The van der Waals surface area contributed by atoms with E-state index in [2.05, 4.69) is 5.32 Å². The van der Waals surface area contributed by atoms with Crippen LogP contribution in [-0.4, -0.2) is 46.7 Å². The van der Waals surface area contributed by atoms with Crippen LogP contribution in [0.1, 0.15) is 18.4 Å². The number of carbonyl (C=O) groups excluding carboxylic acids is 1. The number of benzene rings is 3. The second-order valence-corrected chi connectivity index (χ2v) is 12.7. The molecule has 190 valence electrons. The Hall–Kier alpha value is -2.92. The number of hydrogen-bond acceptors (Lipinski definition) is 5. The molecule has 1 saturated heterocycles. The zero-order valence-electron chi connectivity index (χ0n) is 19.6. The predicted molar refractivity (Wildman–Crippen MR) is 140 cm³/mol. The average Bonchev–Trinajstić information content (AvgIpc) is 3.39. The Balaban J connectivity index is 1.55. The lowest BCUT2D eigenvalue weighted by molar-refractivity contribution is -0.114. The highest BCUT2D eigenvalue weighted by atomic mass is 35.5. The monoisotopic (exact) mass is 547 g/mol. The molecule has 1 aliphatic heterocycles. The molecular weight excluding hydrogens is 522 g/mol. The van der Waals surface area contributed by atoms with Gasteiger partial charge in [0.05, 0.1) is 15.5 Å². The van der Waals surface area contributed by atoms with Gasteiger partial charge in [0.2, 0.25) is 15.9 Å². The molecule has 0 radical (unpaired) electrons. The summed E-state index contributed by atoms with van der Waals surface area (Å²) in [5.41, 5.74) is 1.49. The van der Waals surface area contributed by atoms with E-state index in [9.17, 15) is 21.6 Å². The lowest BCUT2D eigenvalue weighted by Gasteiger charge is -2.24. The number of rotatable bonds is 8. The minimum atomic E-state index is -4.08. The molecule has 0 unspecified atom stereocenters. The second kappa shape index (κ2) is 10.6. The molecule has 1 fully saturated rings. The minimum Gasteiger partial charge on any atom is -0.325 e. The lowest BCUT2D eigenvalue weighted by Crippen LogP contribution is -2.38. The lowest BCUT2D eigenvalue weighted by atomic mass is 10.2. The number of carbonyl (C=O) groups is 1. The van der Waals surface area contributed by atoms with Gasteiger partial charge < -0.3 is 5.32 Å². The van der Waals surface area contributed by atoms with Gasteiger partial charge in [0.1, 0.15) is 6.54 Å². The van der Waals surface area contributed by atoms with Crippen molar-refractivity contribution < 1.29 is 21.6 Å². The van der Waals surface area contributed by atoms with E-state index in [1.54, 1.807) is 30.3 Å². The Morgan fingerprint density at radius 1 is 0.917 bits per heavy atom. The Kier molecular flexibility index (Phi) is 7.70. The summed E-state index contributed by atoms with van der Waals surface area (Å²) in [6.45, 7) is 2.33. The Morgan fingerprint density at radius 2 is 1.53 bits per heavy atom. The Morgan fingerprint density at radius 3 is 2.14 bits per heavy atom. The predicted octanol–water partition coefficient (Wildman–Crippen LogP) is 4.27. The van der Waals surface area contributed by atoms with Crippen LogP contribution in [0.25, 0.3) is 0 Å². The number of nitrogens with zero attached hydrogens (tertiary/aromatic N) is 2. The molecule has 0 aromatic heterocycles. The maximum absolute atomic E-state index is 13.5. The molecule has 8 nitrogen and oxygen atoms in total. The van der Waals surface area contributed by atoms with Crippen LogP contribution in [0.2, 0.25) is 5.02 Å². The number of sulfonamides is 2. The summed E-state index contributed by atoms with van der Waals surface area (Å²) in [6.07, 6.45) is 1.67. The average molecular weight is 548 g/mol. The van der Waals surface area contributed by atoms with Gasteiger partial charge >= 0.3 is 0 Å². The quantitative estimate of drug-likeness (QED) is 0.453. The van der Waals surface area contributed by atoms with Crippen molar-refractivity contribution >= 4 is 48.9 Å². The van der Waals surface area contributed by atoms with Gasteiger partial charge in [-0.05, 0) is 74.4 Å². The summed E-state index contributed by atoms with van der Waals surface area (Å²) >= 11 is 6.10. The molecule has 3 aromatic carbocycles. The van der Waals surface area contributed by atoms with E-state index >= 15 is 0 Å². The molecule has 1 heterocycles. The van der Waals surface area contributed by atoms with Crippen LogP contribution in [-0.2, 0) is 24.8 Å². The van der Waals surface area contributed by atoms with Crippen LogP contribution in [0.4, 0.5) is 11.4 Å². The van der Waals surface area contributed by atoms with Crippen molar-refractivity contribution in [1.29, 1.82) is 0 Å². The molecule has 3 aromatic rings. The normalized spacial score (nSPS) is 14.5. The highest BCUT2D eigenvalue weighted by molar-refractivity contribution is 7.92. The van der Waals surface area contributed by atoms with Crippen molar-refractivity contribution in [3.05, 3.63) is 83.4 Å². The summed E-state index contributed by atoms with van der Waals surface area (Å²) in [6, 6.07) is 18.4. The van der Waals surface area contributed by atoms with Crippen LogP contribution in [0, 0.1) is 6.92 Å². The molecule has 1 amide bonds. The SMILES string of the molecule is Cc1ccc(S(=O)(=O)N(CC(=O)Nc2ccc(S(=O)(=O)N3CCCC3)cc2)c2cccc(Cl)c2)cc1. The molecule has 1 N–H and O–H groups in total. The van der Waals surface area contributed by atoms with Crippen LogP contribution < -0.4 is 9.62 Å². The van der Waals surface area contributed by atoms with E-state index in [1.807, 2.05) is 6.92 Å². The minimum absolute atomic E-state index is 0.0392. The van der Waals surface area contributed by atoms with Crippen LogP contribution in [0.5, 0.6) is 0 Å². The smallest absolute Gasteiger partial charge is 0.264 e. The zero-order valence-corrected chi connectivity index (χ0v) is 22.0. The number of aryl methyl sites for hydroxylation is 1. The van der Waals surface area contributed by atoms with E-state index in [1.165, 1.54) is 46.8 Å². The van der Waals surface area contributed by atoms with Gasteiger partial charge in [0.25, 0.3) is 10.0 Å². The molecule has 0 spiro atoms. The maximum Gasteiger partial charge on any atom is 0.264 e. The zero-order chi connectivity index (χ0) is 25.9. The van der Waals surface area contributed by atoms with Crippen molar-refractivity contribution in [3.63, 3.8) is 0 Å². The van der Waals surface area contributed by atoms with E-state index in [0.29, 0.717) is 23.8 Å². The van der Waals surface area contributed by atoms with Gasteiger partial charge in [0.15, 0.2) is 0 Å². The van der Waals surface area contributed by atoms with Crippen molar-refractivity contribution in [2.75, 3.05) is 29.3 Å². The second-order valence-electron chi connectivity index (χ2n) is 8.49. The molecule has 0 saturated carbocycles. The summed E-state index contributed by atoms with van der Waals surface area (Å²) in [7, 11) is -7.66. The molecule has 36 heavy (non-hydrogen) atoms. The van der Waals surface area contributed by atoms with Gasteiger partial charge in [-0.15, -0.1) is 0 Å². The number of anilines is 2. The fourth-order valence-corrected chi connectivity index (χ4v) is 7.02. The first kappa shape index (κ1) is 26.2. The number of halogens is 1. The van der Waals surface area contributed by atoms with Gasteiger partial charge in [-0.2, -0.15) is 4.31 Å². The van der Waals surface area contributed by atoms with Gasteiger partial charge in [-0.25, -0.2) is 16.8 Å². The molecule has 11 heteroatoms. The summed E-state index contributed by atoms with van der Waals surface area (Å²) in [4.78, 5) is 13.1. The van der Waals surface area contributed by atoms with Crippen LogP contribution >= 0.6 is 11.6 Å². The largest absolute Gasteiger partial charge is 0.325 e. The highest BCUT2D eigenvalue weighted by Crippen LogP contribution is 2.27. The standard InChI is InChI=1S/C25H26ClN3O5S2/c1-19-7-11-24(12-8-19)36(33,34)29(22-6-4-5-20(26)17-22)18-25(30)27-21-9-13-23(14-10-21)35(31,32)28-15-2-3-16-28/h4-14,17H,2-3,15-16,18H2,1H3,(H,27,30). The molecule has 0 bridgehead atoms. The van der Waals surface area contributed by atoms with E-state index in [0.717, 1.165) is 22.7 Å². The van der Waals surface area contributed by atoms with E-state index in [-0.39, 0.29) is 15.5 Å². The molecular formula is C25H26ClN3O5S2. The number of nitrogens with one attached hydrogen (secondary N) is 1. The van der Waals surface area contributed by atoms with E-state index < -0.39 is 32.5 Å². The van der Waals surface area contributed by atoms with Gasteiger partial charge in [0, 0.05) is 23.8 Å². The summed E-state index contributed by atoms with van der Waals surface area (Å²) in [5, 5.41) is 2.98. The van der Waals surface area contributed by atoms with Gasteiger partial charge in [-0.1, -0.05) is 35.4 Å². The van der Waals surface area contributed by atoms with Gasteiger partial charge in [-0.3, -0.25) is 9.10 Å². The third-order valence-electron chi connectivity index (χ3n) is 5.83. The first-order valence-electron chi connectivity index (χ1n) is 11.3. The third-order valence-corrected chi connectivity index (χ3v) is 9.77. The van der Waals surface area contributed by atoms with Crippen molar-refractivity contribution in [3.8, 4) is 0 Å². The van der Waals surface area contributed by atoms with Crippen LogP contribution in [0.15, 0.2) is 82.6 Å². The Bertz CT molecular complexity index is 1450. The third kappa shape index (κ3) is 5.73. The summed E-state index contributed by atoms with van der Waals surface area (Å²) < 4.78 is 54.8. The van der Waals surface area contributed by atoms with Crippen molar-refractivity contribution in [1.82, 2.24) is 4.31 Å². The first-order valence-corrected chi connectivity index (χ1v) is 14.6. The highest BCUT2D eigenvalue weighted by Gasteiger charge is 2.29. The first-order chi connectivity index (χ1) is 17.1. The fourth-order valence-electron chi connectivity index (χ4n) is 3.90. The summed E-state index contributed by atoms with van der Waals surface area (Å²) in [5.74, 6) is -0.596. The molecule has 0 aliphatic carbocycles. The Labute approximate surface area is 216 Å². The van der Waals surface area contributed by atoms with Crippen molar-refractivity contribution in [2.24, 2.45) is 0 Å². The number of hydrogen-bond donors (Lipinski definition) is 1. The maximum atomic E-state index is 13.5. The molecule has 0 atom stereocenters. The molecule has 1 aliphatic rings. The van der Waals surface area contributed by atoms with Crippen LogP contribution in [0.3, 0.4) is 0 Å². The van der Waals surface area contributed by atoms with E-state index in [4.69, 9.17) is 11.6 Å². The fraction of sp³-hybridized carbons (Fsp3) is 0.240. The van der Waals surface area contributed by atoms with Crippen molar-refractivity contribution in [2.45, 2.75) is 29.6 Å². The molecule has 4 rings (SSSR count). The topological polar surface area (TPSA) is 104 Å². The number of amides is 1.